The molecule has 2 aromatic rings. The predicted molar refractivity (Wildman–Crippen MR) is 99.8 cm³/mol. The highest BCUT2D eigenvalue weighted by Crippen LogP contribution is 2.27. The molecule has 1 saturated heterocycles. The number of thiophene rings is 1. The highest BCUT2D eigenvalue weighted by molar-refractivity contribution is 7.89. The number of ether oxygens (including phenoxy) is 1. The molecule has 1 fully saturated rings. The molecule has 0 aromatic carbocycles. The number of carbonyl (C=O) groups is 2. The predicted octanol–water partition coefficient (Wildman–Crippen LogP) is 1.34. The van der Waals surface area contributed by atoms with E-state index in [-0.39, 0.29) is 23.0 Å². The molecule has 0 bridgehead atoms. The van der Waals surface area contributed by atoms with Crippen LogP contribution in [0.2, 0.25) is 0 Å². The molecule has 10 heteroatoms. The summed E-state index contributed by atoms with van der Waals surface area (Å²) in [6.07, 6.45) is 2.43. The van der Waals surface area contributed by atoms with Gasteiger partial charge in [0, 0.05) is 24.7 Å². The molecule has 2 aromatic heterocycles. The maximum absolute atomic E-state index is 13.0. The lowest BCUT2D eigenvalue weighted by Gasteiger charge is -2.22. The van der Waals surface area contributed by atoms with E-state index in [1.165, 1.54) is 39.6 Å². The van der Waals surface area contributed by atoms with Crippen molar-refractivity contribution in [2.45, 2.75) is 30.3 Å². The van der Waals surface area contributed by atoms with Gasteiger partial charge in [-0.15, -0.1) is 11.3 Å². The minimum absolute atomic E-state index is 0.0247. The van der Waals surface area contributed by atoms with Crippen LogP contribution in [0.25, 0.3) is 0 Å². The SMILES string of the molecule is COC(=O)c1cc(S(=O)(=O)N2CCC[C@@H]2C(=O)NCc2cccs2)cn1C. The van der Waals surface area contributed by atoms with Crippen LogP contribution in [0, 0.1) is 0 Å². The molecule has 0 spiro atoms. The second-order valence-electron chi connectivity index (χ2n) is 6.23. The normalized spacial score (nSPS) is 17.8. The van der Waals surface area contributed by atoms with Crippen molar-refractivity contribution < 1.29 is 22.7 Å². The number of nitrogens with zero attached hydrogens (tertiary/aromatic N) is 2. The van der Waals surface area contributed by atoms with Gasteiger partial charge in [0.15, 0.2) is 0 Å². The number of nitrogens with one attached hydrogen (secondary N) is 1. The number of rotatable bonds is 6. The topological polar surface area (TPSA) is 97.7 Å². The smallest absolute Gasteiger partial charge is 0.354 e. The molecule has 1 aliphatic rings. The van der Waals surface area contributed by atoms with Gasteiger partial charge in [0.1, 0.15) is 16.6 Å². The average Bonchev–Trinajstić information content (AvgIpc) is 3.38. The molecule has 1 amide bonds. The highest BCUT2D eigenvalue weighted by Gasteiger charge is 2.40. The Morgan fingerprint density at radius 2 is 2.19 bits per heavy atom. The third-order valence-corrected chi connectivity index (χ3v) is 7.25. The second kappa shape index (κ2) is 7.83. The first-order valence-electron chi connectivity index (χ1n) is 8.41. The van der Waals surface area contributed by atoms with Gasteiger partial charge in [-0.2, -0.15) is 4.31 Å². The zero-order chi connectivity index (χ0) is 19.6. The maximum Gasteiger partial charge on any atom is 0.354 e. The molecule has 1 N–H and O–H groups in total. The third-order valence-electron chi connectivity index (χ3n) is 4.50. The highest BCUT2D eigenvalue weighted by atomic mass is 32.2. The Hall–Kier alpha value is -2.17. The van der Waals surface area contributed by atoms with Crippen LogP contribution in [0.3, 0.4) is 0 Å². The van der Waals surface area contributed by atoms with E-state index in [2.05, 4.69) is 10.1 Å². The number of sulfonamides is 1. The van der Waals surface area contributed by atoms with Gasteiger partial charge in [-0.25, -0.2) is 13.2 Å². The van der Waals surface area contributed by atoms with Gasteiger partial charge >= 0.3 is 5.97 Å². The lowest BCUT2D eigenvalue weighted by atomic mass is 10.2. The molecular formula is C17H21N3O5S2. The summed E-state index contributed by atoms with van der Waals surface area (Å²) in [6.45, 7) is 0.639. The monoisotopic (exact) mass is 411 g/mol. The lowest BCUT2D eigenvalue weighted by Crippen LogP contribution is -2.45. The van der Waals surface area contributed by atoms with E-state index in [1.807, 2.05) is 17.5 Å². The minimum atomic E-state index is -3.90. The van der Waals surface area contributed by atoms with E-state index in [0.717, 1.165) is 4.88 Å². The number of aromatic nitrogens is 1. The Morgan fingerprint density at radius 3 is 2.85 bits per heavy atom. The summed E-state index contributed by atoms with van der Waals surface area (Å²) < 4.78 is 33.4. The van der Waals surface area contributed by atoms with Crippen LogP contribution in [-0.4, -0.2) is 48.9 Å². The molecule has 0 aliphatic carbocycles. The van der Waals surface area contributed by atoms with Crippen molar-refractivity contribution in [3.63, 3.8) is 0 Å². The molecule has 3 heterocycles. The number of carbonyl (C=O) groups excluding carboxylic acids is 2. The molecule has 1 aliphatic heterocycles. The summed E-state index contributed by atoms with van der Waals surface area (Å²) in [7, 11) is -1.10. The van der Waals surface area contributed by atoms with Crippen molar-refractivity contribution in [1.82, 2.24) is 14.2 Å². The number of hydrogen-bond donors (Lipinski definition) is 1. The maximum atomic E-state index is 13.0. The number of amides is 1. The molecular weight excluding hydrogens is 390 g/mol. The lowest BCUT2D eigenvalue weighted by molar-refractivity contribution is -0.124. The summed E-state index contributed by atoms with van der Waals surface area (Å²) in [5.41, 5.74) is 0.133. The Labute approximate surface area is 161 Å². The van der Waals surface area contributed by atoms with Crippen LogP contribution < -0.4 is 5.32 Å². The van der Waals surface area contributed by atoms with Crippen LogP contribution in [0.1, 0.15) is 28.2 Å². The van der Waals surface area contributed by atoms with Gasteiger partial charge < -0.3 is 14.6 Å². The molecule has 0 saturated carbocycles. The fourth-order valence-corrected chi connectivity index (χ4v) is 5.49. The molecule has 0 radical (unpaired) electrons. The summed E-state index contributed by atoms with van der Waals surface area (Å²) in [4.78, 5) is 25.3. The van der Waals surface area contributed by atoms with E-state index < -0.39 is 22.0 Å². The van der Waals surface area contributed by atoms with E-state index >= 15 is 0 Å². The fourth-order valence-electron chi connectivity index (χ4n) is 3.11. The zero-order valence-corrected chi connectivity index (χ0v) is 16.7. The van der Waals surface area contributed by atoms with E-state index in [9.17, 15) is 18.0 Å². The first-order valence-corrected chi connectivity index (χ1v) is 10.7. The first kappa shape index (κ1) is 19.6. The standard InChI is InChI=1S/C17H21N3O5S2/c1-19-11-13(9-15(19)17(22)25-2)27(23,24)20-7-3-6-14(20)16(21)18-10-12-5-4-8-26-12/h4-5,8-9,11,14H,3,6-7,10H2,1-2H3,(H,18,21)/t14-/m1/s1. The fraction of sp³-hybridized carbons (Fsp3) is 0.412. The van der Waals surface area contributed by atoms with E-state index in [0.29, 0.717) is 19.4 Å². The minimum Gasteiger partial charge on any atom is -0.464 e. The van der Waals surface area contributed by atoms with Crippen molar-refractivity contribution in [3.05, 3.63) is 40.3 Å². The molecule has 1 atom stereocenters. The molecule has 8 nitrogen and oxygen atoms in total. The van der Waals surface area contributed by atoms with Crippen molar-refractivity contribution in [3.8, 4) is 0 Å². The Morgan fingerprint density at radius 1 is 1.41 bits per heavy atom. The molecule has 3 rings (SSSR count). The summed E-state index contributed by atoms with van der Waals surface area (Å²) in [6, 6.07) is 4.33. The van der Waals surface area contributed by atoms with Crippen LogP contribution in [0.5, 0.6) is 0 Å². The summed E-state index contributed by atoms with van der Waals surface area (Å²) >= 11 is 1.53. The van der Waals surface area contributed by atoms with Gasteiger partial charge in [-0.1, -0.05) is 6.07 Å². The molecule has 0 unspecified atom stereocenters. The van der Waals surface area contributed by atoms with Gasteiger partial charge in [-0.05, 0) is 30.4 Å². The van der Waals surface area contributed by atoms with Gasteiger partial charge in [0.25, 0.3) is 0 Å². The van der Waals surface area contributed by atoms with Crippen molar-refractivity contribution in [2.24, 2.45) is 7.05 Å². The van der Waals surface area contributed by atoms with Crippen LogP contribution in [-0.2, 0) is 33.1 Å². The Balaban J connectivity index is 1.78. The summed E-state index contributed by atoms with van der Waals surface area (Å²) in [5.74, 6) is -0.931. The number of methoxy groups -OCH3 is 1. The van der Waals surface area contributed by atoms with Crippen molar-refractivity contribution in [2.75, 3.05) is 13.7 Å². The molecule has 27 heavy (non-hydrogen) atoms. The number of hydrogen-bond acceptors (Lipinski definition) is 6. The Bertz CT molecular complexity index is 934. The van der Waals surface area contributed by atoms with Crippen molar-refractivity contribution in [1.29, 1.82) is 0 Å². The number of esters is 1. The van der Waals surface area contributed by atoms with Gasteiger partial charge in [0.05, 0.1) is 13.7 Å². The average molecular weight is 412 g/mol. The Kier molecular flexibility index (Phi) is 5.68. The van der Waals surface area contributed by atoms with E-state index in [4.69, 9.17) is 0 Å². The van der Waals surface area contributed by atoms with Gasteiger partial charge in [0.2, 0.25) is 15.9 Å². The van der Waals surface area contributed by atoms with E-state index in [1.54, 1.807) is 7.05 Å². The number of aryl methyl sites for hydroxylation is 1. The summed E-state index contributed by atoms with van der Waals surface area (Å²) in [5, 5.41) is 4.73. The van der Waals surface area contributed by atoms with Crippen LogP contribution in [0.15, 0.2) is 34.7 Å². The van der Waals surface area contributed by atoms with Crippen molar-refractivity contribution >= 4 is 33.2 Å². The molecule has 146 valence electrons. The quantitative estimate of drug-likeness (QED) is 0.724. The van der Waals surface area contributed by atoms with Gasteiger partial charge in [-0.3, -0.25) is 4.79 Å². The van der Waals surface area contributed by atoms with Crippen LogP contribution >= 0.6 is 11.3 Å². The largest absolute Gasteiger partial charge is 0.464 e. The zero-order valence-electron chi connectivity index (χ0n) is 15.0. The van der Waals surface area contributed by atoms with Crippen LogP contribution in [0.4, 0.5) is 0 Å². The third kappa shape index (κ3) is 3.92. The first-order chi connectivity index (χ1) is 12.8. The second-order valence-corrected chi connectivity index (χ2v) is 9.16.